The average molecular weight is 185 g/mol. The summed E-state index contributed by atoms with van der Waals surface area (Å²) in [7, 11) is 0. The van der Waals surface area contributed by atoms with E-state index in [4.69, 9.17) is 0 Å². The first-order valence-electron chi connectivity index (χ1n) is 4.52. The molecule has 1 aromatic carbocycles. The van der Waals surface area contributed by atoms with Gasteiger partial charge in [-0.25, -0.2) is 0 Å². The van der Waals surface area contributed by atoms with Gasteiger partial charge in [0.15, 0.2) is 0 Å². The number of pyridine rings is 1. The van der Waals surface area contributed by atoms with E-state index in [1.807, 2.05) is 37.3 Å². The van der Waals surface area contributed by atoms with Crippen LogP contribution in [0, 0.1) is 6.92 Å². The molecule has 14 heavy (non-hydrogen) atoms. The Morgan fingerprint density at radius 3 is 2.64 bits per heavy atom. The van der Waals surface area contributed by atoms with Crippen LogP contribution in [0.3, 0.4) is 0 Å². The number of aryl methyl sites for hydroxylation is 1. The van der Waals surface area contributed by atoms with Gasteiger partial charge in [0.1, 0.15) is 0 Å². The van der Waals surface area contributed by atoms with Gasteiger partial charge in [0.25, 0.3) is 5.56 Å². The van der Waals surface area contributed by atoms with Gasteiger partial charge in [-0.2, -0.15) is 0 Å². The number of nitrogens with zero attached hydrogens (tertiary/aromatic N) is 1. The van der Waals surface area contributed by atoms with Crippen LogP contribution in [-0.4, -0.2) is 4.57 Å². The predicted octanol–water partition coefficient (Wildman–Crippen LogP) is 2.15. The van der Waals surface area contributed by atoms with Crippen molar-refractivity contribution in [1.29, 1.82) is 0 Å². The molecule has 0 unspecified atom stereocenters. The fraction of sp³-hybridized carbons (Fsp3) is 0.0833. The number of rotatable bonds is 1. The third-order valence-corrected chi connectivity index (χ3v) is 2.10. The predicted molar refractivity (Wildman–Crippen MR) is 56.8 cm³/mol. The van der Waals surface area contributed by atoms with Gasteiger partial charge >= 0.3 is 0 Å². The van der Waals surface area contributed by atoms with E-state index in [1.165, 1.54) is 0 Å². The Hall–Kier alpha value is -1.83. The van der Waals surface area contributed by atoms with Crippen molar-refractivity contribution < 1.29 is 0 Å². The highest BCUT2D eigenvalue weighted by Gasteiger charge is 1.96. The summed E-state index contributed by atoms with van der Waals surface area (Å²) in [6.07, 6.45) is 1.77. The quantitative estimate of drug-likeness (QED) is 0.667. The monoisotopic (exact) mass is 185 g/mol. The van der Waals surface area contributed by atoms with Crippen LogP contribution in [0.5, 0.6) is 0 Å². The smallest absolute Gasteiger partial charge is 0.255 e. The van der Waals surface area contributed by atoms with Crippen LogP contribution in [0.25, 0.3) is 5.69 Å². The normalized spacial score (nSPS) is 10.1. The molecule has 2 rings (SSSR count). The van der Waals surface area contributed by atoms with Crippen molar-refractivity contribution in [3.05, 3.63) is 64.6 Å². The molecule has 0 amide bonds. The van der Waals surface area contributed by atoms with Crippen LogP contribution in [0.2, 0.25) is 0 Å². The van der Waals surface area contributed by atoms with Crippen molar-refractivity contribution in [2.24, 2.45) is 0 Å². The van der Waals surface area contributed by atoms with E-state index in [1.54, 1.807) is 22.9 Å². The second-order valence-electron chi connectivity index (χ2n) is 3.25. The minimum atomic E-state index is -0.00176. The lowest BCUT2D eigenvalue weighted by Crippen LogP contribution is -2.15. The first-order chi connectivity index (χ1) is 6.77. The zero-order valence-corrected chi connectivity index (χ0v) is 7.97. The maximum atomic E-state index is 11.5. The molecule has 0 fully saturated rings. The largest absolute Gasteiger partial charge is 0.284 e. The van der Waals surface area contributed by atoms with E-state index >= 15 is 0 Å². The van der Waals surface area contributed by atoms with Crippen molar-refractivity contribution in [3.63, 3.8) is 0 Å². The molecule has 2 heteroatoms. The molecule has 0 spiro atoms. The Morgan fingerprint density at radius 1 is 1.07 bits per heavy atom. The summed E-state index contributed by atoms with van der Waals surface area (Å²) in [4.78, 5) is 11.5. The highest BCUT2D eigenvalue weighted by molar-refractivity contribution is 5.35. The molecule has 0 aliphatic heterocycles. The molecule has 0 saturated heterocycles. The van der Waals surface area contributed by atoms with Crippen molar-refractivity contribution in [2.75, 3.05) is 0 Å². The van der Waals surface area contributed by atoms with E-state index in [-0.39, 0.29) is 5.56 Å². The maximum absolute atomic E-state index is 11.5. The number of aromatic nitrogens is 1. The molecule has 2 aromatic rings. The lowest BCUT2D eigenvalue weighted by atomic mass is 10.2. The van der Waals surface area contributed by atoms with E-state index < -0.39 is 0 Å². The summed E-state index contributed by atoms with van der Waals surface area (Å²) in [5.74, 6) is 0. The van der Waals surface area contributed by atoms with Crippen LogP contribution in [0.15, 0.2) is 53.5 Å². The van der Waals surface area contributed by atoms with Crippen LogP contribution in [0.1, 0.15) is 5.56 Å². The summed E-state index contributed by atoms with van der Waals surface area (Å²) in [5, 5.41) is 0. The van der Waals surface area contributed by atoms with Gasteiger partial charge in [-0.15, -0.1) is 0 Å². The van der Waals surface area contributed by atoms with Crippen LogP contribution in [-0.2, 0) is 0 Å². The molecule has 0 bridgehead atoms. The summed E-state index contributed by atoms with van der Waals surface area (Å²) in [5.41, 5.74) is 2.06. The molecular formula is C12H11NO. The Bertz CT molecular complexity index is 499. The Balaban J connectivity index is 2.61. The molecular weight excluding hydrogens is 174 g/mol. The van der Waals surface area contributed by atoms with Crippen LogP contribution in [0.4, 0.5) is 0 Å². The fourth-order valence-electron chi connectivity index (χ4n) is 1.42. The lowest BCUT2D eigenvalue weighted by molar-refractivity contribution is 0.988. The summed E-state index contributed by atoms with van der Waals surface area (Å²) >= 11 is 0. The molecule has 1 aromatic heterocycles. The fourth-order valence-corrected chi connectivity index (χ4v) is 1.42. The lowest BCUT2D eigenvalue weighted by Gasteiger charge is -2.04. The number of hydrogen-bond acceptors (Lipinski definition) is 1. The molecule has 1 heterocycles. The molecule has 0 saturated carbocycles. The number of benzene rings is 1. The van der Waals surface area contributed by atoms with Crippen molar-refractivity contribution in [3.8, 4) is 5.69 Å². The van der Waals surface area contributed by atoms with Gasteiger partial charge in [-0.3, -0.25) is 9.36 Å². The third kappa shape index (κ3) is 1.59. The molecule has 70 valence electrons. The van der Waals surface area contributed by atoms with Crippen LogP contribution >= 0.6 is 0 Å². The number of hydrogen-bond donors (Lipinski definition) is 0. The molecule has 0 atom stereocenters. The SMILES string of the molecule is Cc1cccc(-n2ccccc2=O)c1. The minimum absolute atomic E-state index is 0.00176. The Morgan fingerprint density at radius 2 is 1.93 bits per heavy atom. The van der Waals surface area contributed by atoms with E-state index in [2.05, 4.69) is 0 Å². The van der Waals surface area contributed by atoms with E-state index in [9.17, 15) is 4.79 Å². The summed E-state index contributed by atoms with van der Waals surface area (Å²) in [6, 6.07) is 13.0. The minimum Gasteiger partial charge on any atom is -0.284 e. The zero-order chi connectivity index (χ0) is 9.97. The van der Waals surface area contributed by atoms with Gasteiger partial charge in [-0.05, 0) is 30.7 Å². The molecule has 0 N–H and O–H groups in total. The first kappa shape index (κ1) is 8.75. The Kier molecular flexibility index (Phi) is 2.19. The molecule has 0 radical (unpaired) electrons. The first-order valence-corrected chi connectivity index (χ1v) is 4.52. The van der Waals surface area contributed by atoms with Crippen molar-refractivity contribution >= 4 is 0 Å². The second-order valence-corrected chi connectivity index (χ2v) is 3.25. The summed E-state index contributed by atoms with van der Waals surface area (Å²) in [6.45, 7) is 2.01. The van der Waals surface area contributed by atoms with Gasteiger partial charge in [0.2, 0.25) is 0 Å². The summed E-state index contributed by atoms with van der Waals surface area (Å²) < 4.78 is 1.63. The zero-order valence-electron chi connectivity index (χ0n) is 7.97. The molecule has 0 aliphatic carbocycles. The third-order valence-electron chi connectivity index (χ3n) is 2.10. The highest BCUT2D eigenvalue weighted by Crippen LogP contribution is 2.06. The second kappa shape index (κ2) is 3.50. The van der Waals surface area contributed by atoms with Crippen molar-refractivity contribution in [2.45, 2.75) is 6.92 Å². The highest BCUT2D eigenvalue weighted by atomic mass is 16.1. The molecule has 2 nitrogen and oxygen atoms in total. The van der Waals surface area contributed by atoms with Gasteiger partial charge < -0.3 is 0 Å². The van der Waals surface area contributed by atoms with E-state index in [0.717, 1.165) is 11.3 Å². The average Bonchev–Trinajstić information content (AvgIpc) is 2.18. The van der Waals surface area contributed by atoms with E-state index in [0.29, 0.717) is 0 Å². The Labute approximate surface area is 82.4 Å². The topological polar surface area (TPSA) is 22.0 Å². The maximum Gasteiger partial charge on any atom is 0.255 e. The van der Waals surface area contributed by atoms with Gasteiger partial charge in [0.05, 0.1) is 0 Å². The van der Waals surface area contributed by atoms with Gasteiger partial charge in [0, 0.05) is 18.0 Å². The standard InChI is InChI=1S/C12H11NO/c1-10-5-4-6-11(9-10)13-8-3-2-7-12(13)14/h2-9H,1H3. The molecule has 0 aliphatic rings. The van der Waals surface area contributed by atoms with Gasteiger partial charge in [-0.1, -0.05) is 18.2 Å². The van der Waals surface area contributed by atoms with Crippen LogP contribution < -0.4 is 5.56 Å². The van der Waals surface area contributed by atoms with Crippen molar-refractivity contribution in [1.82, 2.24) is 4.57 Å².